The predicted octanol–water partition coefficient (Wildman–Crippen LogP) is 4.40. The van der Waals surface area contributed by atoms with Gasteiger partial charge in [-0.3, -0.25) is 14.4 Å². The number of carboxylic acids is 1. The zero-order valence-corrected chi connectivity index (χ0v) is 23.0. The lowest BCUT2D eigenvalue weighted by Gasteiger charge is -2.22. The Morgan fingerprint density at radius 1 is 0.857 bits per heavy atom. The Bertz CT molecular complexity index is 1480. The predicted molar refractivity (Wildman–Crippen MR) is 152 cm³/mol. The molecule has 0 spiro atoms. The summed E-state index contributed by atoms with van der Waals surface area (Å²) in [6, 6.07) is 23.5. The molecule has 2 fully saturated rings. The topological polar surface area (TPSA) is 131 Å². The Morgan fingerprint density at radius 2 is 1.50 bits per heavy atom. The third-order valence-electron chi connectivity index (χ3n) is 8.75. The number of rotatable bonds is 10. The van der Waals surface area contributed by atoms with Crippen LogP contribution in [-0.2, 0) is 30.5 Å². The van der Waals surface area contributed by atoms with E-state index in [1.54, 1.807) is 0 Å². The fourth-order valence-corrected chi connectivity index (χ4v) is 6.52. The summed E-state index contributed by atoms with van der Waals surface area (Å²) in [6.45, 7) is 0.0858. The molecular formula is C33H32N2O7. The Balaban J connectivity index is 1.10. The molecule has 42 heavy (non-hydrogen) atoms. The summed E-state index contributed by atoms with van der Waals surface area (Å²) in [5, 5.41) is 15.0. The number of fused-ring (bicyclic) bond motifs is 4. The molecule has 3 aromatic carbocycles. The molecule has 2 amide bonds. The number of benzene rings is 3. The number of nitrogens with one attached hydrogen (secondary N) is 2. The van der Waals surface area contributed by atoms with Crippen molar-refractivity contribution >= 4 is 23.9 Å². The van der Waals surface area contributed by atoms with Gasteiger partial charge in [0.15, 0.2) is 0 Å². The minimum absolute atomic E-state index is 0.0321. The maximum Gasteiger partial charge on any atom is 0.407 e. The first kappa shape index (κ1) is 27.5. The van der Waals surface area contributed by atoms with Crippen LogP contribution in [-0.4, -0.2) is 47.7 Å². The summed E-state index contributed by atoms with van der Waals surface area (Å²) in [5.41, 5.74) is 4.31. The van der Waals surface area contributed by atoms with Gasteiger partial charge < -0.3 is 25.2 Å². The zero-order valence-electron chi connectivity index (χ0n) is 23.0. The third-order valence-corrected chi connectivity index (χ3v) is 8.75. The number of hydrogen-bond acceptors (Lipinski definition) is 6. The molecule has 0 aromatic heterocycles. The molecule has 4 atom stereocenters. The molecule has 3 aromatic rings. The Morgan fingerprint density at radius 3 is 2.14 bits per heavy atom. The molecule has 2 saturated carbocycles. The molecule has 0 unspecified atom stereocenters. The number of carbonyl (C=O) groups is 4. The first-order valence-electron chi connectivity index (χ1n) is 14.2. The largest absolute Gasteiger partial charge is 0.481 e. The summed E-state index contributed by atoms with van der Waals surface area (Å²) in [5.74, 6) is -2.21. The van der Waals surface area contributed by atoms with Gasteiger partial charge in [-0.2, -0.15) is 0 Å². The Kier molecular flexibility index (Phi) is 7.41. The van der Waals surface area contributed by atoms with Crippen LogP contribution in [0.1, 0.15) is 48.3 Å². The van der Waals surface area contributed by atoms with Crippen molar-refractivity contribution in [1.82, 2.24) is 10.6 Å². The van der Waals surface area contributed by atoms with E-state index in [9.17, 15) is 24.3 Å². The number of ether oxygens (including phenoxy) is 2. The van der Waals surface area contributed by atoms with Crippen LogP contribution < -0.4 is 10.6 Å². The summed E-state index contributed by atoms with van der Waals surface area (Å²) >= 11 is 0. The van der Waals surface area contributed by atoms with Gasteiger partial charge in [0, 0.05) is 12.0 Å². The SMILES string of the molecule is O=C(C[C@H](NC(=O)OCC1c2ccccc2-c2ccccc21)C(=O)N[C@H]1C[C@@H]2C[C@]2(C(=O)O)C1)OCc1ccccc1. The molecule has 6 rings (SSSR count). The molecule has 3 aliphatic carbocycles. The van der Waals surface area contributed by atoms with Crippen molar-refractivity contribution in [3.8, 4) is 11.1 Å². The van der Waals surface area contributed by atoms with Crippen molar-refractivity contribution in [2.75, 3.05) is 6.61 Å². The average molecular weight is 569 g/mol. The molecule has 216 valence electrons. The van der Waals surface area contributed by atoms with Crippen molar-refractivity contribution in [2.24, 2.45) is 11.3 Å². The van der Waals surface area contributed by atoms with E-state index in [2.05, 4.69) is 10.6 Å². The second kappa shape index (κ2) is 11.3. The number of alkyl carbamates (subject to hydrolysis) is 1. The second-order valence-electron chi connectivity index (χ2n) is 11.4. The lowest BCUT2D eigenvalue weighted by molar-refractivity contribution is -0.147. The van der Waals surface area contributed by atoms with E-state index >= 15 is 0 Å². The van der Waals surface area contributed by atoms with Gasteiger partial charge in [0.2, 0.25) is 5.91 Å². The monoisotopic (exact) mass is 568 g/mol. The van der Waals surface area contributed by atoms with Gasteiger partial charge >= 0.3 is 18.0 Å². The molecule has 0 radical (unpaired) electrons. The van der Waals surface area contributed by atoms with Gasteiger partial charge in [-0.1, -0.05) is 78.9 Å². The molecule has 3 aliphatic rings. The van der Waals surface area contributed by atoms with Crippen LogP contribution in [0.15, 0.2) is 78.9 Å². The molecule has 0 saturated heterocycles. The number of aliphatic carboxylic acids is 1. The van der Waals surface area contributed by atoms with Crippen molar-refractivity contribution in [1.29, 1.82) is 0 Å². The van der Waals surface area contributed by atoms with E-state index in [-0.39, 0.29) is 31.1 Å². The Labute approximate surface area is 243 Å². The first-order valence-corrected chi connectivity index (χ1v) is 14.2. The van der Waals surface area contributed by atoms with Gasteiger partial charge in [0.05, 0.1) is 11.8 Å². The summed E-state index contributed by atoms with van der Waals surface area (Å²) in [6.07, 6.45) is 0.262. The quantitative estimate of drug-likeness (QED) is 0.309. The summed E-state index contributed by atoms with van der Waals surface area (Å²) < 4.78 is 11.0. The second-order valence-corrected chi connectivity index (χ2v) is 11.4. The van der Waals surface area contributed by atoms with Crippen LogP contribution in [0.3, 0.4) is 0 Å². The molecule has 9 heteroatoms. The molecule has 0 bridgehead atoms. The van der Waals surface area contributed by atoms with E-state index in [4.69, 9.17) is 9.47 Å². The third kappa shape index (κ3) is 5.46. The van der Waals surface area contributed by atoms with Crippen LogP contribution in [0.4, 0.5) is 4.79 Å². The molecule has 0 aliphatic heterocycles. The van der Waals surface area contributed by atoms with Gasteiger partial charge in [-0.15, -0.1) is 0 Å². The van der Waals surface area contributed by atoms with Crippen molar-refractivity contribution in [3.05, 3.63) is 95.6 Å². The van der Waals surface area contributed by atoms with E-state index in [1.807, 2.05) is 78.9 Å². The zero-order chi connectivity index (χ0) is 29.3. The molecular weight excluding hydrogens is 536 g/mol. The lowest BCUT2D eigenvalue weighted by Crippen LogP contribution is -2.50. The highest BCUT2D eigenvalue weighted by atomic mass is 16.5. The fourth-order valence-electron chi connectivity index (χ4n) is 6.52. The van der Waals surface area contributed by atoms with E-state index in [0.29, 0.717) is 19.3 Å². The average Bonchev–Trinajstić information content (AvgIpc) is 3.43. The van der Waals surface area contributed by atoms with Crippen LogP contribution in [0, 0.1) is 11.3 Å². The van der Waals surface area contributed by atoms with Crippen LogP contribution in [0.5, 0.6) is 0 Å². The highest BCUT2D eigenvalue weighted by molar-refractivity contribution is 5.90. The standard InChI is InChI=1S/C33H32N2O7/c36-29(41-18-20-8-2-1-3-9-20)15-28(30(37)34-22-14-21-16-33(21,17-22)31(38)39)35-32(40)42-19-27-25-12-6-4-10-23(25)24-11-5-7-13-26(24)27/h1-13,21-22,27-28H,14-19H2,(H,34,37)(H,35,40)(H,38,39)/t21-,22+,28+,33+/m1/s1. The normalized spacial score (nSPS) is 22.2. The lowest BCUT2D eigenvalue weighted by atomic mass is 9.98. The van der Waals surface area contributed by atoms with E-state index in [1.165, 1.54) is 0 Å². The number of carbonyl (C=O) groups excluding carboxylic acids is 3. The minimum Gasteiger partial charge on any atom is -0.481 e. The minimum atomic E-state index is -1.25. The summed E-state index contributed by atoms with van der Waals surface area (Å²) in [4.78, 5) is 50.7. The van der Waals surface area contributed by atoms with E-state index in [0.717, 1.165) is 27.8 Å². The van der Waals surface area contributed by atoms with Gasteiger partial charge in [-0.05, 0) is 53.0 Å². The highest BCUT2D eigenvalue weighted by Crippen LogP contribution is 2.63. The maximum atomic E-state index is 13.3. The molecule has 0 heterocycles. The number of hydrogen-bond donors (Lipinski definition) is 3. The highest BCUT2D eigenvalue weighted by Gasteiger charge is 2.65. The van der Waals surface area contributed by atoms with Crippen molar-refractivity contribution in [2.45, 2.75) is 50.3 Å². The first-order chi connectivity index (χ1) is 20.3. The molecule has 3 N–H and O–H groups in total. The van der Waals surface area contributed by atoms with Crippen LogP contribution in [0.2, 0.25) is 0 Å². The number of esters is 1. The van der Waals surface area contributed by atoms with Crippen LogP contribution in [0.25, 0.3) is 11.1 Å². The van der Waals surface area contributed by atoms with Crippen LogP contribution >= 0.6 is 0 Å². The maximum absolute atomic E-state index is 13.3. The van der Waals surface area contributed by atoms with E-state index < -0.39 is 41.8 Å². The molecule has 9 nitrogen and oxygen atoms in total. The number of amides is 2. The van der Waals surface area contributed by atoms with Crippen molar-refractivity contribution in [3.63, 3.8) is 0 Å². The summed E-state index contributed by atoms with van der Waals surface area (Å²) in [7, 11) is 0. The smallest absolute Gasteiger partial charge is 0.407 e. The van der Waals surface area contributed by atoms with Gasteiger partial charge in [0.25, 0.3) is 0 Å². The van der Waals surface area contributed by atoms with Crippen molar-refractivity contribution < 1.29 is 33.8 Å². The Hall–Kier alpha value is -4.66. The van der Waals surface area contributed by atoms with Gasteiger partial charge in [0.1, 0.15) is 19.3 Å². The van der Waals surface area contributed by atoms with Gasteiger partial charge in [-0.25, -0.2) is 4.79 Å². The number of carboxylic acid groups (broad SMARTS) is 1. The fraction of sp³-hybridized carbons (Fsp3) is 0.333.